The highest BCUT2D eigenvalue weighted by molar-refractivity contribution is 6.35. The number of unbranched alkanes of at least 4 members (excludes halogenated alkanes) is 2. The van der Waals surface area contributed by atoms with E-state index in [-0.39, 0.29) is 5.38 Å². The molecule has 5 heteroatoms. The molecule has 1 unspecified atom stereocenters. The summed E-state index contributed by atoms with van der Waals surface area (Å²) in [5.74, 6) is 0. The van der Waals surface area contributed by atoms with Crippen molar-refractivity contribution in [2.75, 3.05) is 13.2 Å². The van der Waals surface area contributed by atoms with E-state index in [1.165, 1.54) is 0 Å². The second-order valence-electron chi connectivity index (χ2n) is 4.34. The molecule has 0 aliphatic heterocycles. The van der Waals surface area contributed by atoms with Gasteiger partial charge in [-0.1, -0.05) is 41.9 Å². The molecular weight excluding hydrogens is 274 g/mol. The Morgan fingerprint density at radius 3 is 2.75 bits per heavy atom. The van der Waals surface area contributed by atoms with E-state index in [0.717, 1.165) is 30.5 Å². The predicted molar refractivity (Wildman–Crippen MR) is 81.7 cm³/mol. The molecule has 0 spiro atoms. The molecule has 0 heterocycles. The monoisotopic (exact) mass is 293 g/mol. The van der Waals surface area contributed by atoms with E-state index in [9.17, 15) is 0 Å². The summed E-state index contributed by atoms with van der Waals surface area (Å²) in [6.07, 6.45) is 3.07. The van der Waals surface area contributed by atoms with E-state index in [1.807, 2.05) is 30.3 Å². The first-order valence-electron chi connectivity index (χ1n) is 6.76. The average molecular weight is 294 g/mol. The summed E-state index contributed by atoms with van der Waals surface area (Å²) in [5, 5.41) is 12.4. The lowest BCUT2D eigenvalue weighted by atomic mass is 10.0. The van der Waals surface area contributed by atoms with Gasteiger partial charge < -0.3 is 10.6 Å². The lowest BCUT2D eigenvalue weighted by Gasteiger charge is -2.12. The van der Waals surface area contributed by atoms with Crippen LogP contribution < -0.4 is 5.73 Å². The van der Waals surface area contributed by atoms with E-state index in [0.29, 0.717) is 19.6 Å². The fourth-order valence-electron chi connectivity index (χ4n) is 1.73. The van der Waals surface area contributed by atoms with Gasteiger partial charge in [0, 0.05) is 18.5 Å². The summed E-state index contributed by atoms with van der Waals surface area (Å²) < 4.78 is 0. The molecule has 2 N–H and O–H groups in total. The van der Waals surface area contributed by atoms with E-state index in [2.05, 4.69) is 11.2 Å². The first kappa shape index (κ1) is 16.5. The number of rotatable bonds is 9. The van der Waals surface area contributed by atoms with Crippen LogP contribution in [-0.4, -0.2) is 24.2 Å². The minimum Gasteiger partial charge on any atom is -0.394 e. The van der Waals surface area contributed by atoms with Crippen LogP contribution in [0.4, 0.5) is 0 Å². The van der Waals surface area contributed by atoms with Crippen LogP contribution in [0.25, 0.3) is 0 Å². The van der Waals surface area contributed by atoms with Crippen LogP contribution in [-0.2, 0) is 4.84 Å². The zero-order chi connectivity index (χ0) is 14.6. The van der Waals surface area contributed by atoms with Crippen molar-refractivity contribution < 1.29 is 4.84 Å². The molecule has 4 nitrogen and oxygen atoms in total. The van der Waals surface area contributed by atoms with Crippen molar-refractivity contribution in [1.82, 2.24) is 0 Å². The maximum Gasteiger partial charge on any atom is 0.129 e. The van der Waals surface area contributed by atoms with E-state index in [4.69, 9.17) is 27.4 Å². The van der Waals surface area contributed by atoms with E-state index >= 15 is 0 Å². The first-order valence-corrected chi connectivity index (χ1v) is 7.19. The van der Waals surface area contributed by atoms with Gasteiger partial charge in [0.1, 0.15) is 12.3 Å². The standard InChI is InChI=1S/C15H20ClN3O/c16-14(9-5-2-6-10-17)15(19-20-12-11-18)13-7-3-1-4-8-13/h1,3-4,7-8,14H,2,5-6,9,11-12,18H2. The van der Waals surface area contributed by atoms with Gasteiger partial charge in [-0.05, 0) is 12.8 Å². The van der Waals surface area contributed by atoms with Crippen LogP contribution in [0, 0.1) is 11.3 Å². The number of nitrogens with zero attached hydrogens (tertiary/aromatic N) is 2. The van der Waals surface area contributed by atoms with Gasteiger partial charge in [-0.15, -0.1) is 11.6 Å². The molecule has 0 saturated carbocycles. The molecule has 108 valence electrons. The summed E-state index contributed by atoms with van der Waals surface area (Å²) in [6, 6.07) is 11.9. The molecule has 0 aliphatic rings. The molecule has 1 atom stereocenters. The summed E-state index contributed by atoms with van der Waals surface area (Å²) in [6.45, 7) is 0.787. The number of nitriles is 1. The zero-order valence-electron chi connectivity index (χ0n) is 11.5. The minimum absolute atomic E-state index is 0.228. The molecule has 1 aromatic rings. The summed E-state index contributed by atoms with van der Waals surface area (Å²) in [5.41, 5.74) is 7.05. The molecule has 0 bridgehead atoms. The maximum absolute atomic E-state index is 8.52. The molecule has 20 heavy (non-hydrogen) atoms. The van der Waals surface area contributed by atoms with Gasteiger partial charge in [0.25, 0.3) is 0 Å². The lowest BCUT2D eigenvalue weighted by Crippen LogP contribution is -2.17. The molecule has 0 radical (unpaired) electrons. The van der Waals surface area contributed by atoms with Gasteiger partial charge in [-0.3, -0.25) is 0 Å². The smallest absolute Gasteiger partial charge is 0.129 e. The minimum atomic E-state index is -0.228. The normalized spacial score (nSPS) is 12.8. The Balaban J connectivity index is 2.67. The second kappa shape index (κ2) is 10.2. The quantitative estimate of drug-likeness (QED) is 0.329. The molecule has 0 aromatic heterocycles. The number of halogens is 1. The summed E-state index contributed by atoms with van der Waals surface area (Å²) >= 11 is 6.41. The highest BCUT2D eigenvalue weighted by Gasteiger charge is 2.15. The van der Waals surface area contributed by atoms with Crippen molar-refractivity contribution in [3.8, 4) is 6.07 Å². The van der Waals surface area contributed by atoms with Gasteiger partial charge in [0.2, 0.25) is 0 Å². The molecule has 1 rings (SSSR count). The molecule has 0 saturated heterocycles. The van der Waals surface area contributed by atoms with E-state index in [1.54, 1.807) is 0 Å². The number of hydrogen-bond acceptors (Lipinski definition) is 4. The number of oxime groups is 1. The Kier molecular flexibility index (Phi) is 8.44. The third kappa shape index (κ3) is 6.05. The van der Waals surface area contributed by atoms with Crippen molar-refractivity contribution >= 4 is 17.3 Å². The van der Waals surface area contributed by atoms with Crippen LogP contribution in [0.3, 0.4) is 0 Å². The Hall–Kier alpha value is -1.57. The van der Waals surface area contributed by atoms with Gasteiger partial charge in [-0.25, -0.2) is 0 Å². The van der Waals surface area contributed by atoms with Gasteiger partial charge in [-0.2, -0.15) is 5.26 Å². The molecule has 0 amide bonds. The largest absolute Gasteiger partial charge is 0.394 e. The fraction of sp³-hybridized carbons (Fsp3) is 0.467. The lowest BCUT2D eigenvalue weighted by molar-refractivity contribution is 0.152. The molecular formula is C15H20ClN3O. The van der Waals surface area contributed by atoms with Crippen LogP contribution in [0.2, 0.25) is 0 Å². The Morgan fingerprint density at radius 1 is 1.35 bits per heavy atom. The van der Waals surface area contributed by atoms with Crippen molar-refractivity contribution in [2.24, 2.45) is 10.9 Å². The fourth-order valence-corrected chi connectivity index (χ4v) is 2.05. The van der Waals surface area contributed by atoms with Crippen molar-refractivity contribution in [1.29, 1.82) is 5.26 Å². The number of nitrogens with two attached hydrogens (primary N) is 1. The van der Waals surface area contributed by atoms with Gasteiger partial charge in [0.05, 0.1) is 11.4 Å². The van der Waals surface area contributed by atoms with Crippen molar-refractivity contribution in [2.45, 2.75) is 31.1 Å². The summed E-state index contributed by atoms with van der Waals surface area (Å²) in [7, 11) is 0. The van der Waals surface area contributed by atoms with Crippen molar-refractivity contribution in [3.05, 3.63) is 35.9 Å². The molecule has 0 aliphatic carbocycles. The maximum atomic E-state index is 8.52. The predicted octanol–water partition coefficient (Wildman–Crippen LogP) is 3.06. The van der Waals surface area contributed by atoms with Crippen LogP contribution >= 0.6 is 11.6 Å². The average Bonchev–Trinajstić information content (AvgIpc) is 2.49. The topological polar surface area (TPSA) is 71.4 Å². The third-order valence-electron chi connectivity index (χ3n) is 2.73. The van der Waals surface area contributed by atoms with Crippen LogP contribution in [0.15, 0.2) is 35.5 Å². The van der Waals surface area contributed by atoms with Crippen LogP contribution in [0.5, 0.6) is 0 Å². The Labute approximate surface area is 125 Å². The second-order valence-corrected chi connectivity index (χ2v) is 4.86. The van der Waals surface area contributed by atoms with Gasteiger partial charge >= 0.3 is 0 Å². The molecule has 0 fully saturated rings. The number of alkyl halides is 1. The number of benzene rings is 1. The first-order chi connectivity index (χ1) is 9.79. The highest BCUT2D eigenvalue weighted by atomic mass is 35.5. The zero-order valence-corrected chi connectivity index (χ0v) is 12.2. The van der Waals surface area contributed by atoms with E-state index < -0.39 is 0 Å². The van der Waals surface area contributed by atoms with Gasteiger partial charge in [0.15, 0.2) is 0 Å². The number of hydrogen-bond donors (Lipinski definition) is 1. The Morgan fingerprint density at radius 2 is 2.10 bits per heavy atom. The SMILES string of the molecule is N#CCCCCC(Cl)C(=NOCCN)c1ccccc1. The highest BCUT2D eigenvalue weighted by Crippen LogP contribution is 2.16. The molecule has 1 aromatic carbocycles. The third-order valence-corrected chi connectivity index (χ3v) is 3.16. The van der Waals surface area contributed by atoms with Crippen LogP contribution in [0.1, 0.15) is 31.2 Å². The Bertz CT molecular complexity index is 442. The summed E-state index contributed by atoms with van der Waals surface area (Å²) in [4.78, 5) is 5.17. The van der Waals surface area contributed by atoms with Crippen molar-refractivity contribution in [3.63, 3.8) is 0 Å².